The average molecular weight is 254 g/mol. The topological polar surface area (TPSA) is 65.2 Å². The van der Waals surface area contributed by atoms with Gasteiger partial charge >= 0.3 is 5.97 Å². The average Bonchev–Trinajstić information content (AvgIpc) is 2.78. The molecule has 0 bridgehead atoms. The fourth-order valence-electron chi connectivity index (χ4n) is 1.27. The van der Waals surface area contributed by atoms with Gasteiger partial charge in [0.15, 0.2) is 0 Å². The number of halogens is 2. The van der Waals surface area contributed by atoms with Crippen molar-refractivity contribution in [1.29, 1.82) is 0 Å². The molecule has 0 amide bonds. The van der Waals surface area contributed by atoms with E-state index in [-0.39, 0.29) is 23.9 Å². The summed E-state index contributed by atoms with van der Waals surface area (Å²) in [5.74, 6) is -2.86. The van der Waals surface area contributed by atoms with Crippen LogP contribution in [-0.2, 0) is 4.74 Å². The highest BCUT2D eigenvalue weighted by atomic mass is 19.1. The molecule has 0 spiro atoms. The van der Waals surface area contributed by atoms with Gasteiger partial charge in [-0.1, -0.05) is 0 Å². The Bertz CT molecular complexity index is 583. The fourth-order valence-corrected chi connectivity index (χ4v) is 1.27. The van der Waals surface area contributed by atoms with Gasteiger partial charge in [-0.15, -0.1) is 0 Å². The van der Waals surface area contributed by atoms with Crippen LogP contribution in [0.25, 0.3) is 11.5 Å². The van der Waals surface area contributed by atoms with Crippen molar-refractivity contribution in [2.75, 3.05) is 6.61 Å². The molecule has 0 radical (unpaired) electrons. The van der Waals surface area contributed by atoms with E-state index < -0.39 is 17.6 Å². The van der Waals surface area contributed by atoms with E-state index >= 15 is 0 Å². The van der Waals surface area contributed by atoms with E-state index in [2.05, 4.69) is 14.9 Å². The molecule has 94 valence electrons. The molecule has 0 saturated heterocycles. The first-order chi connectivity index (χ1) is 8.61. The van der Waals surface area contributed by atoms with Crippen molar-refractivity contribution in [1.82, 2.24) is 10.1 Å². The molecule has 18 heavy (non-hydrogen) atoms. The number of ether oxygens (including phenoxy) is 1. The van der Waals surface area contributed by atoms with Crippen molar-refractivity contribution in [2.24, 2.45) is 0 Å². The predicted octanol–water partition coefficient (Wildman–Crippen LogP) is 2.19. The van der Waals surface area contributed by atoms with E-state index in [0.29, 0.717) is 6.07 Å². The van der Waals surface area contributed by atoms with Crippen molar-refractivity contribution in [3.8, 4) is 11.5 Å². The molecule has 0 fully saturated rings. The number of esters is 1. The Morgan fingerprint density at radius 3 is 2.89 bits per heavy atom. The highest BCUT2D eigenvalue weighted by molar-refractivity contribution is 5.85. The minimum Gasteiger partial charge on any atom is -0.460 e. The molecule has 0 N–H and O–H groups in total. The van der Waals surface area contributed by atoms with Crippen LogP contribution in [0.5, 0.6) is 0 Å². The molecule has 2 aromatic rings. The SMILES string of the molecule is CCOC(=O)c1noc(-c2ccc(F)cc2F)n1. The molecule has 1 heterocycles. The third-order valence-electron chi connectivity index (χ3n) is 2.05. The van der Waals surface area contributed by atoms with Gasteiger partial charge in [0, 0.05) is 6.07 Å². The van der Waals surface area contributed by atoms with E-state index in [1.807, 2.05) is 0 Å². The highest BCUT2D eigenvalue weighted by Crippen LogP contribution is 2.21. The van der Waals surface area contributed by atoms with Crippen LogP contribution in [0, 0.1) is 11.6 Å². The second kappa shape index (κ2) is 4.91. The van der Waals surface area contributed by atoms with Crippen LogP contribution >= 0.6 is 0 Å². The van der Waals surface area contributed by atoms with Gasteiger partial charge in [0.05, 0.1) is 12.2 Å². The lowest BCUT2D eigenvalue weighted by Gasteiger charge is -1.96. The van der Waals surface area contributed by atoms with Crippen LogP contribution in [0.2, 0.25) is 0 Å². The minimum atomic E-state index is -0.853. The Morgan fingerprint density at radius 2 is 2.22 bits per heavy atom. The zero-order chi connectivity index (χ0) is 13.1. The summed E-state index contributed by atoms with van der Waals surface area (Å²) in [6, 6.07) is 2.88. The maximum absolute atomic E-state index is 13.4. The molecule has 0 unspecified atom stereocenters. The van der Waals surface area contributed by atoms with Gasteiger partial charge in [-0.2, -0.15) is 4.98 Å². The molecule has 0 aliphatic heterocycles. The lowest BCUT2D eigenvalue weighted by Crippen LogP contribution is -2.06. The van der Waals surface area contributed by atoms with Gasteiger partial charge in [-0.3, -0.25) is 0 Å². The first-order valence-electron chi connectivity index (χ1n) is 5.08. The Labute approximate surface area is 100 Å². The summed E-state index contributed by atoms with van der Waals surface area (Å²) in [5.41, 5.74) is -0.0838. The zero-order valence-corrected chi connectivity index (χ0v) is 9.31. The van der Waals surface area contributed by atoms with E-state index in [0.717, 1.165) is 12.1 Å². The van der Waals surface area contributed by atoms with Gasteiger partial charge in [-0.25, -0.2) is 13.6 Å². The number of carbonyl (C=O) groups excluding carboxylic acids is 1. The summed E-state index contributed by atoms with van der Waals surface area (Å²) in [6.07, 6.45) is 0. The summed E-state index contributed by atoms with van der Waals surface area (Å²) >= 11 is 0. The molecule has 7 heteroatoms. The summed E-state index contributed by atoms with van der Waals surface area (Å²) in [6.45, 7) is 1.78. The number of rotatable bonds is 3. The molecule has 1 aromatic heterocycles. The van der Waals surface area contributed by atoms with E-state index in [4.69, 9.17) is 4.52 Å². The Morgan fingerprint density at radius 1 is 1.44 bits per heavy atom. The predicted molar refractivity (Wildman–Crippen MR) is 55.6 cm³/mol. The summed E-state index contributed by atoms with van der Waals surface area (Å²) in [7, 11) is 0. The fraction of sp³-hybridized carbons (Fsp3) is 0.182. The highest BCUT2D eigenvalue weighted by Gasteiger charge is 2.18. The maximum Gasteiger partial charge on any atom is 0.379 e. The Kier molecular flexibility index (Phi) is 3.31. The summed E-state index contributed by atoms with van der Waals surface area (Å²) < 4.78 is 35.5. The monoisotopic (exact) mass is 254 g/mol. The second-order valence-corrected chi connectivity index (χ2v) is 3.27. The van der Waals surface area contributed by atoms with E-state index in [1.165, 1.54) is 0 Å². The van der Waals surface area contributed by atoms with Crippen molar-refractivity contribution in [2.45, 2.75) is 6.92 Å². The molecule has 0 atom stereocenters. The third-order valence-corrected chi connectivity index (χ3v) is 2.05. The van der Waals surface area contributed by atoms with Gasteiger partial charge in [0.2, 0.25) is 0 Å². The standard InChI is InChI=1S/C11H8F2N2O3/c1-2-17-11(16)9-14-10(18-15-9)7-4-3-6(12)5-8(7)13/h3-5H,2H2,1H3. The first-order valence-corrected chi connectivity index (χ1v) is 5.08. The number of benzene rings is 1. The number of carbonyl (C=O) groups is 1. The lowest BCUT2D eigenvalue weighted by atomic mass is 10.2. The van der Waals surface area contributed by atoms with Crippen molar-refractivity contribution in [3.05, 3.63) is 35.7 Å². The quantitative estimate of drug-likeness (QED) is 0.785. The number of aromatic nitrogens is 2. The maximum atomic E-state index is 13.4. The molecule has 1 aromatic carbocycles. The van der Waals surface area contributed by atoms with Crippen LogP contribution < -0.4 is 0 Å². The molecule has 2 rings (SSSR count). The molecular weight excluding hydrogens is 246 g/mol. The van der Waals surface area contributed by atoms with Gasteiger partial charge in [0.25, 0.3) is 11.7 Å². The number of hydrogen-bond donors (Lipinski definition) is 0. The normalized spacial score (nSPS) is 10.4. The van der Waals surface area contributed by atoms with E-state index in [1.54, 1.807) is 6.92 Å². The zero-order valence-electron chi connectivity index (χ0n) is 9.31. The molecule has 0 saturated carbocycles. The number of nitrogens with zero attached hydrogens (tertiary/aromatic N) is 2. The van der Waals surface area contributed by atoms with Gasteiger partial charge < -0.3 is 9.26 Å². The Hall–Kier alpha value is -2.31. The molecular formula is C11H8F2N2O3. The van der Waals surface area contributed by atoms with Gasteiger partial charge in [0.1, 0.15) is 11.6 Å². The van der Waals surface area contributed by atoms with E-state index in [9.17, 15) is 13.6 Å². The molecule has 5 nitrogen and oxygen atoms in total. The van der Waals surface area contributed by atoms with Crippen molar-refractivity contribution in [3.63, 3.8) is 0 Å². The minimum absolute atomic E-state index is 0.0838. The van der Waals surface area contributed by atoms with Crippen LogP contribution in [0.15, 0.2) is 22.7 Å². The largest absolute Gasteiger partial charge is 0.460 e. The van der Waals surface area contributed by atoms with Gasteiger partial charge in [-0.05, 0) is 24.2 Å². The summed E-state index contributed by atoms with van der Waals surface area (Å²) in [4.78, 5) is 14.9. The van der Waals surface area contributed by atoms with Crippen molar-refractivity contribution >= 4 is 5.97 Å². The second-order valence-electron chi connectivity index (χ2n) is 3.27. The third kappa shape index (κ3) is 2.34. The lowest BCUT2D eigenvalue weighted by molar-refractivity contribution is 0.0508. The van der Waals surface area contributed by atoms with Crippen LogP contribution in [0.4, 0.5) is 8.78 Å². The van der Waals surface area contributed by atoms with Crippen LogP contribution in [0.1, 0.15) is 17.5 Å². The molecule has 0 aliphatic carbocycles. The van der Waals surface area contributed by atoms with Crippen LogP contribution in [-0.4, -0.2) is 22.7 Å². The first kappa shape index (κ1) is 12.2. The molecule has 0 aliphatic rings. The summed E-state index contributed by atoms with van der Waals surface area (Å²) in [5, 5.41) is 3.35. The number of hydrogen-bond acceptors (Lipinski definition) is 5. The smallest absolute Gasteiger partial charge is 0.379 e. The Balaban J connectivity index is 2.32. The van der Waals surface area contributed by atoms with Crippen molar-refractivity contribution < 1.29 is 22.8 Å². The van der Waals surface area contributed by atoms with Crippen LogP contribution in [0.3, 0.4) is 0 Å².